The van der Waals surface area contributed by atoms with E-state index in [1.54, 1.807) is 4.90 Å². The number of halogens is 9. The van der Waals surface area contributed by atoms with Crippen LogP contribution in [0.2, 0.25) is 0 Å². The van der Waals surface area contributed by atoms with Gasteiger partial charge in [0.1, 0.15) is 5.82 Å². The Bertz CT molecular complexity index is 1520. The number of anilines is 2. The normalized spacial score (nSPS) is 14.5. The summed E-state index contributed by atoms with van der Waals surface area (Å²) in [6.45, 7) is 3.33. The van der Waals surface area contributed by atoms with Crippen molar-refractivity contribution in [3.8, 4) is 0 Å². The molecule has 2 heterocycles. The predicted molar refractivity (Wildman–Crippen MR) is 145 cm³/mol. The molecular formula is C27H31F9N8O2. The molecule has 0 amide bonds. The van der Waals surface area contributed by atoms with Gasteiger partial charge in [-0.1, -0.05) is 12.0 Å². The van der Waals surface area contributed by atoms with E-state index < -0.39 is 77.0 Å². The van der Waals surface area contributed by atoms with Gasteiger partial charge >= 0.3 is 24.5 Å². The van der Waals surface area contributed by atoms with Gasteiger partial charge in [0.25, 0.3) is 5.95 Å². The first-order valence-corrected chi connectivity index (χ1v) is 14.1. The fraction of sp³-hybridized carbons (Fsp3) is 0.593. The molecule has 0 atom stereocenters. The average molecular weight is 671 g/mol. The summed E-state index contributed by atoms with van der Waals surface area (Å²) >= 11 is 0. The molecule has 0 saturated heterocycles. The van der Waals surface area contributed by atoms with Crippen molar-refractivity contribution in [3.05, 3.63) is 46.1 Å². The van der Waals surface area contributed by atoms with Crippen LogP contribution in [0.3, 0.4) is 0 Å². The molecule has 0 unspecified atom stereocenters. The number of nitrogens with zero attached hydrogens (tertiary/aromatic N) is 8. The Hall–Kier alpha value is -4.06. The van der Waals surface area contributed by atoms with Crippen molar-refractivity contribution >= 4 is 17.7 Å². The number of carboxylic acids is 1. The number of aromatic nitrogens is 6. The Balaban J connectivity index is 1.90. The molecule has 0 radical (unpaired) electrons. The van der Waals surface area contributed by atoms with Gasteiger partial charge in [-0.15, -0.1) is 9.90 Å². The highest BCUT2D eigenvalue weighted by atomic mass is 19.4. The summed E-state index contributed by atoms with van der Waals surface area (Å²) in [4.78, 5) is 15.0. The van der Waals surface area contributed by atoms with Gasteiger partial charge in [0.05, 0.1) is 17.7 Å². The topological polar surface area (TPSA) is 105 Å². The van der Waals surface area contributed by atoms with Gasteiger partial charge in [-0.05, 0) is 68.0 Å². The summed E-state index contributed by atoms with van der Waals surface area (Å²) in [5.74, 6) is -1.66. The quantitative estimate of drug-likeness (QED) is 0.230. The summed E-state index contributed by atoms with van der Waals surface area (Å²) in [5, 5.41) is 24.7. The molecule has 1 aliphatic carbocycles. The number of hydrogen-bond donors (Lipinski definition) is 1. The molecule has 2 aromatic heterocycles. The minimum Gasteiger partial charge on any atom is -0.479 e. The number of alkyl halides is 9. The zero-order valence-corrected chi connectivity index (χ0v) is 25.1. The molecule has 10 nitrogen and oxygen atoms in total. The number of rotatable bonds is 12. The number of benzene rings is 1. The maximum Gasteiger partial charge on any atom is 0.435 e. The van der Waals surface area contributed by atoms with Gasteiger partial charge in [0, 0.05) is 32.2 Å². The molecule has 46 heavy (non-hydrogen) atoms. The number of hydrogen-bond acceptors (Lipinski definition) is 7. The maximum atomic E-state index is 14.4. The van der Waals surface area contributed by atoms with E-state index in [9.17, 15) is 49.4 Å². The van der Waals surface area contributed by atoms with E-state index in [1.807, 2.05) is 6.92 Å². The smallest absolute Gasteiger partial charge is 0.435 e. The lowest BCUT2D eigenvalue weighted by atomic mass is 10.0. The number of aliphatic carboxylic acids is 1. The third-order valence-corrected chi connectivity index (χ3v) is 7.43. The minimum absolute atomic E-state index is 0.0596. The Morgan fingerprint density at radius 1 is 0.913 bits per heavy atom. The Morgan fingerprint density at radius 2 is 1.50 bits per heavy atom. The first-order chi connectivity index (χ1) is 21.1. The van der Waals surface area contributed by atoms with Crippen LogP contribution in [0, 0.1) is 5.92 Å². The van der Waals surface area contributed by atoms with Crippen molar-refractivity contribution < 1.29 is 49.4 Å². The number of carbonyl (C=O) groups is 1. The lowest BCUT2D eigenvalue weighted by Gasteiger charge is -2.28. The van der Waals surface area contributed by atoms with Crippen LogP contribution in [0.4, 0.5) is 51.3 Å². The zero-order chi connectivity index (χ0) is 34.4. The highest BCUT2D eigenvalue weighted by Crippen LogP contribution is 2.40. The molecule has 19 heteroatoms. The van der Waals surface area contributed by atoms with Crippen molar-refractivity contribution in [2.75, 3.05) is 22.9 Å². The highest BCUT2D eigenvalue weighted by molar-refractivity contribution is 5.75. The lowest BCUT2D eigenvalue weighted by Crippen LogP contribution is -2.37. The van der Waals surface area contributed by atoms with Gasteiger partial charge in [-0.2, -0.15) is 44.6 Å². The largest absolute Gasteiger partial charge is 0.479 e. The fourth-order valence-corrected chi connectivity index (χ4v) is 4.87. The molecule has 0 bridgehead atoms. The van der Waals surface area contributed by atoms with Crippen LogP contribution in [-0.2, 0) is 49.0 Å². The van der Waals surface area contributed by atoms with Crippen LogP contribution >= 0.6 is 0 Å². The first kappa shape index (κ1) is 34.8. The zero-order valence-electron chi connectivity index (χ0n) is 25.1. The SMILES string of the molecule is CCCN(CC1CC1)c1c(CN(Cc2cc(C(F)(F)F)cc(C(F)(F)F)c2)c2nnn(C(C)(C)C(=O)O)n2)c(C(F)(F)F)nn1C. The standard InChI is InChI=1S/C27H31F9N8O2/c1-5-8-42(12-15-6-7-15)21-19(20(27(34,35)36)38-41(21)4)14-43(23-37-40-44(39-23)24(2,3)22(45)46)13-16-9-17(25(28,29)30)11-18(10-16)26(31,32)33/h9-11,15H,5-8,12-14H2,1-4H3,(H,45,46). The summed E-state index contributed by atoms with van der Waals surface area (Å²) in [6.07, 6.45) is -13.1. The van der Waals surface area contributed by atoms with Crippen LogP contribution in [0.5, 0.6) is 0 Å². The maximum absolute atomic E-state index is 14.4. The third kappa shape index (κ3) is 7.66. The van der Waals surface area contributed by atoms with Crippen molar-refractivity contribution in [1.29, 1.82) is 0 Å². The Morgan fingerprint density at radius 3 is 1.98 bits per heavy atom. The van der Waals surface area contributed by atoms with E-state index in [4.69, 9.17) is 0 Å². The molecule has 254 valence electrons. The molecule has 1 aromatic carbocycles. The van der Waals surface area contributed by atoms with Gasteiger partial charge in [0.2, 0.25) is 0 Å². The molecule has 3 aromatic rings. The number of aryl methyl sites for hydroxylation is 1. The summed E-state index contributed by atoms with van der Waals surface area (Å²) in [7, 11) is 1.31. The van der Waals surface area contributed by atoms with Crippen molar-refractivity contribution in [3.63, 3.8) is 0 Å². The van der Waals surface area contributed by atoms with Crippen LogP contribution in [0.15, 0.2) is 18.2 Å². The predicted octanol–water partition coefficient (Wildman–Crippen LogP) is 6.12. The van der Waals surface area contributed by atoms with Gasteiger partial charge in [-0.25, -0.2) is 4.79 Å². The number of carboxylic acid groups (broad SMARTS) is 1. The molecule has 1 N–H and O–H groups in total. The monoisotopic (exact) mass is 670 g/mol. The van der Waals surface area contributed by atoms with Crippen molar-refractivity contribution in [1.82, 2.24) is 30.0 Å². The van der Waals surface area contributed by atoms with Gasteiger partial charge in [0.15, 0.2) is 11.2 Å². The molecular weight excluding hydrogens is 639 g/mol. The summed E-state index contributed by atoms with van der Waals surface area (Å²) < 4.78 is 126. The molecule has 1 saturated carbocycles. The van der Waals surface area contributed by atoms with E-state index in [0.717, 1.165) is 22.4 Å². The van der Waals surface area contributed by atoms with Crippen molar-refractivity contribution in [2.45, 2.75) is 77.2 Å². The van der Waals surface area contributed by atoms with Crippen LogP contribution in [-0.4, -0.2) is 54.2 Å². The Labute approximate surface area is 256 Å². The lowest BCUT2D eigenvalue weighted by molar-refractivity contribution is -0.147. The molecule has 1 aliphatic rings. The summed E-state index contributed by atoms with van der Waals surface area (Å²) in [5.41, 5.74) is -7.38. The Kier molecular flexibility index (Phi) is 9.29. The van der Waals surface area contributed by atoms with Crippen LogP contribution in [0.1, 0.15) is 68.0 Å². The molecule has 0 aliphatic heterocycles. The number of tetrazole rings is 1. The molecule has 0 spiro atoms. The van der Waals surface area contributed by atoms with Crippen molar-refractivity contribution in [2.24, 2.45) is 13.0 Å². The van der Waals surface area contributed by atoms with E-state index >= 15 is 0 Å². The van der Waals surface area contributed by atoms with E-state index in [1.165, 1.54) is 20.9 Å². The molecule has 1 fully saturated rings. The second-order valence-electron chi connectivity index (χ2n) is 11.7. The highest BCUT2D eigenvalue weighted by Gasteiger charge is 2.42. The van der Waals surface area contributed by atoms with E-state index in [2.05, 4.69) is 20.5 Å². The second kappa shape index (κ2) is 12.3. The average Bonchev–Trinajstić information content (AvgIpc) is 3.47. The third-order valence-electron chi connectivity index (χ3n) is 7.43. The summed E-state index contributed by atoms with van der Waals surface area (Å²) in [6, 6.07) is 0.817. The van der Waals surface area contributed by atoms with Gasteiger partial charge in [-0.3, -0.25) is 4.68 Å². The van der Waals surface area contributed by atoms with E-state index in [-0.39, 0.29) is 17.8 Å². The van der Waals surface area contributed by atoms with Crippen LogP contribution < -0.4 is 9.80 Å². The minimum atomic E-state index is -5.18. The van der Waals surface area contributed by atoms with Gasteiger partial charge < -0.3 is 14.9 Å². The fourth-order valence-electron chi connectivity index (χ4n) is 4.87. The molecule has 4 rings (SSSR count). The van der Waals surface area contributed by atoms with Crippen LogP contribution in [0.25, 0.3) is 0 Å². The van der Waals surface area contributed by atoms with E-state index in [0.29, 0.717) is 36.4 Å². The first-order valence-electron chi connectivity index (χ1n) is 14.1. The second-order valence-corrected chi connectivity index (χ2v) is 11.7.